The third-order valence-electron chi connectivity index (χ3n) is 1.91. The fraction of sp³-hybridized carbons (Fsp3) is 0.200. The summed E-state index contributed by atoms with van der Waals surface area (Å²) in [5.41, 5.74) is 0.954. The molecule has 0 aliphatic carbocycles. The van der Waals surface area contributed by atoms with Crippen LogP contribution < -0.4 is 4.74 Å². The number of rotatable bonds is 4. The summed E-state index contributed by atoms with van der Waals surface area (Å²) in [6, 6.07) is 7.96. The number of hydrogen-bond acceptors (Lipinski definition) is 4. The normalized spacial score (nSPS) is 10.2. The molecule has 0 spiro atoms. The van der Waals surface area contributed by atoms with Crippen molar-refractivity contribution in [3.63, 3.8) is 0 Å². The summed E-state index contributed by atoms with van der Waals surface area (Å²) >= 11 is 1.72. The average molecular weight is 221 g/mol. The number of H-pyrrole nitrogens is 1. The number of nitrogens with zero attached hydrogens (tertiary/aromatic N) is 2. The van der Waals surface area contributed by atoms with Crippen molar-refractivity contribution < 1.29 is 4.74 Å². The van der Waals surface area contributed by atoms with Crippen molar-refractivity contribution in [2.24, 2.45) is 0 Å². The molecular weight excluding hydrogens is 210 g/mol. The Balaban J connectivity index is 1.93. The molecular formula is C10H11N3OS. The van der Waals surface area contributed by atoms with Crippen molar-refractivity contribution in [3.05, 3.63) is 36.2 Å². The summed E-state index contributed by atoms with van der Waals surface area (Å²) in [5, 5.41) is 10.3. The first-order chi connectivity index (χ1) is 7.38. The highest BCUT2D eigenvalue weighted by Gasteiger charge is 1.98. The summed E-state index contributed by atoms with van der Waals surface area (Å²) in [6.45, 7) is 0. The van der Waals surface area contributed by atoms with Gasteiger partial charge in [0.1, 0.15) is 5.75 Å². The lowest BCUT2D eigenvalue weighted by Gasteiger charge is -2.01. The van der Waals surface area contributed by atoms with Gasteiger partial charge in [-0.15, -0.1) is 11.8 Å². The Labute approximate surface area is 92.0 Å². The fourth-order valence-electron chi connectivity index (χ4n) is 1.12. The highest BCUT2D eigenvalue weighted by atomic mass is 32.2. The Bertz CT molecular complexity index is 399. The van der Waals surface area contributed by atoms with Gasteiger partial charge in [0.05, 0.1) is 19.0 Å². The number of aromatic amines is 1. The first-order valence-corrected chi connectivity index (χ1v) is 5.48. The van der Waals surface area contributed by atoms with Crippen molar-refractivity contribution in [1.82, 2.24) is 15.4 Å². The van der Waals surface area contributed by atoms with Crippen LogP contribution in [0.15, 0.2) is 35.4 Å². The van der Waals surface area contributed by atoms with Crippen molar-refractivity contribution in [2.45, 2.75) is 10.6 Å². The number of ether oxygens (including phenoxy) is 1. The molecule has 0 unspecified atom stereocenters. The highest BCUT2D eigenvalue weighted by molar-refractivity contribution is 7.98. The zero-order chi connectivity index (χ0) is 10.5. The molecule has 4 nitrogen and oxygen atoms in total. The predicted octanol–water partition coefficient (Wildman–Crippen LogP) is 2.11. The number of hydrogen-bond donors (Lipinski definition) is 1. The summed E-state index contributed by atoms with van der Waals surface area (Å²) in [4.78, 5) is 1.19. The SMILES string of the molecule is COc1ccc(SCc2cn[nH]n2)cc1. The van der Waals surface area contributed by atoms with Gasteiger partial charge in [0.2, 0.25) is 0 Å². The molecule has 0 aliphatic rings. The zero-order valence-corrected chi connectivity index (χ0v) is 9.12. The Kier molecular flexibility index (Phi) is 3.24. The van der Waals surface area contributed by atoms with E-state index in [0.717, 1.165) is 17.2 Å². The van der Waals surface area contributed by atoms with Crippen molar-refractivity contribution in [2.75, 3.05) is 7.11 Å². The third kappa shape index (κ3) is 2.73. The second kappa shape index (κ2) is 4.84. The van der Waals surface area contributed by atoms with E-state index in [-0.39, 0.29) is 0 Å². The number of methoxy groups -OCH3 is 1. The Morgan fingerprint density at radius 2 is 2.13 bits per heavy atom. The van der Waals surface area contributed by atoms with E-state index in [9.17, 15) is 0 Å². The largest absolute Gasteiger partial charge is 0.497 e. The van der Waals surface area contributed by atoms with Gasteiger partial charge in [0.25, 0.3) is 0 Å². The smallest absolute Gasteiger partial charge is 0.118 e. The maximum atomic E-state index is 5.08. The molecule has 1 aromatic heterocycles. The lowest BCUT2D eigenvalue weighted by molar-refractivity contribution is 0.414. The van der Waals surface area contributed by atoms with Crippen molar-refractivity contribution >= 4 is 11.8 Å². The Hall–Kier alpha value is -1.49. The van der Waals surface area contributed by atoms with E-state index in [1.165, 1.54) is 4.90 Å². The van der Waals surface area contributed by atoms with Gasteiger partial charge in [0, 0.05) is 10.6 Å². The van der Waals surface area contributed by atoms with Crippen LogP contribution in [0.4, 0.5) is 0 Å². The van der Waals surface area contributed by atoms with Gasteiger partial charge < -0.3 is 4.74 Å². The monoisotopic (exact) mass is 221 g/mol. The molecule has 15 heavy (non-hydrogen) atoms. The topological polar surface area (TPSA) is 50.8 Å². The van der Waals surface area contributed by atoms with Crippen LogP contribution in [-0.4, -0.2) is 22.5 Å². The molecule has 2 rings (SSSR count). The van der Waals surface area contributed by atoms with Gasteiger partial charge in [-0.3, -0.25) is 0 Å². The van der Waals surface area contributed by atoms with E-state index in [1.54, 1.807) is 25.1 Å². The number of nitrogens with one attached hydrogen (secondary N) is 1. The second-order valence-electron chi connectivity index (χ2n) is 2.93. The van der Waals surface area contributed by atoms with Crippen LogP contribution in [0.1, 0.15) is 5.69 Å². The van der Waals surface area contributed by atoms with Crippen LogP contribution in [0.3, 0.4) is 0 Å². The molecule has 2 aromatic rings. The van der Waals surface area contributed by atoms with Crippen molar-refractivity contribution in [1.29, 1.82) is 0 Å². The minimum absolute atomic E-state index is 0.822. The molecule has 1 aromatic carbocycles. The number of thioether (sulfide) groups is 1. The summed E-state index contributed by atoms with van der Waals surface area (Å²) < 4.78 is 5.08. The molecule has 1 heterocycles. The minimum atomic E-state index is 0.822. The molecule has 5 heteroatoms. The lowest BCUT2D eigenvalue weighted by atomic mass is 10.3. The summed E-state index contributed by atoms with van der Waals surface area (Å²) in [7, 11) is 1.66. The Morgan fingerprint density at radius 1 is 1.33 bits per heavy atom. The molecule has 78 valence electrons. The number of aromatic nitrogens is 3. The standard InChI is InChI=1S/C10H11N3OS/c1-14-9-2-4-10(5-3-9)15-7-8-6-11-13-12-8/h2-6H,7H2,1H3,(H,11,12,13). The maximum absolute atomic E-state index is 5.08. The van der Waals surface area contributed by atoms with Crippen LogP contribution in [0.25, 0.3) is 0 Å². The predicted molar refractivity (Wildman–Crippen MR) is 58.9 cm³/mol. The molecule has 1 N–H and O–H groups in total. The van der Waals surface area contributed by atoms with Gasteiger partial charge in [-0.05, 0) is 24.3 Å². The zero-order valence-electron chi connectivity index (χ0n) is 8.30. The van der Waals surface area contributed by atoms with Crippen LogP contribution in [-0.2, 0) is 5.75 Å². The van der Waals surface area contributed by atoms with Gasteiger partial charge in [-0.1, -0.05) is 0 Å². The first kappa shape index (κ1) is 10.0. The van der Waals surface area contributed by atoms with Gasteiger partial charge >= 0.3 is 0 Å². The molecule has 0 saturated heterocycles. The van der Waals surface area contributed by atoms with E-state index in [0.29, 0.717) is 0 Å². The first-order valence-electron chi connectivity index (χ1n) is 4.50. The molecule has 0 amide bonds. The minimum Gasteiger partial charge on any atom is -0.497 e. The van der Waals surface area contributed by atoms with Gasteiger partial charge in [-0.25, -0.2) is 0 Å². The van der Waals surface area contributed by atoms with E-state index in [4.69, 9.17) is 4.74 Å². The van der Waals surface area contributed by atoms with E-state index < -0.39 is 0 Å². The second-order valence-corrected chi connectivity index (χ2v) is 3.97. The van der Waals surface area contributed by atoms with Crippen LogP contribution in [0.2, 0.25) is 0 Å². The average Bonchev–Trinajstić information content (AvgIpc) is 2.80. The summed E-state index contributed by atoms with van der Waals surface area (Å²) in [5.74, 6) is 1.70. The van der Waals surface area contributed by atoms with Gasteiger partial charge in [-0.2, -0.15) is 15.4 Å². The van der Waals surface area contributed by atoms with Crippen LogP contribution in [0, 0.1) is 0 Å². The number of benzene rings is 1. The van der Waals surface area contributed by atoms with E-state index in [2.05, 4.69) is 15.4 Å². The quantitative estimate of drug-likeness (QED) is 0.803. The van der Waals surface area contributed by atoms with Gasteiger partial charge in [0.15, 0.2) is 0 Å². The molecule has 0 saturated carbocycles. The summed E-state index contributed by atoms with van der Waals surface area (Å²) in [6.07, 6.45) is 1.73. The molecule has 0 radical (unpaired) electrons. The van der Waals surface area contributed by atoms with Crippen molar-refractivity contribution in [3.8, 4) is 5.75 Å². The molecule has 0 atom stereocenters. The van der Waals surface area contributed by atoms with Crippen LogP contribution >= 0.6 is 11.8 Å². The van der Waals surface area contributed by atoms with E-state index in [1.807, 2.05) is 24.3 Å². The highest BCUT2D eigenvalue weighted by Crippen LogP contribution is 2.23. The fourth-order valence-corrected chi connectivity index (χ4v) is 1.91. The maximum Gasteiger partial charge on any atom is 0.118 e. The van der Waals surface area contributed by atoms with E-state index >= 15 is 0 Å². The third-order valence-corrected chi connectivity index (χ3v) is 2.96. The van der Waals surface area contributed by atoms with Crippen LogP contribution in [0.5, 0.6) is 5.75 Å². The Morgan fingerprint density at radius 3 is 2.73 bits per heavy atom. The molecule has 0 aliphatic heterocycles. The lowest BCUT2D eigenvalue weighted by Crippen LogP contribution is -1.83. The molecule has 0 fully saturated rings. The molecule has 0 bridgehead atoms.